The lowest BCUT2D eigenvalue weighted by Gasteiger charge is -2.41. The lowest BCUT2D eigenvalue weighted by Crippen LogP contribution is -2.50. The van der Waals surface area contributed by atoms with Gasteiger partial charge in [-0.3, -0.25) is 14.6 Å². The molecule has 4 aromatic rings. The molecule has 1 fully saturated rings. The Hall–Kier alpha value is -3.74. The van der Waals surface area contributed by atoms with Crippen molar-refractivity contribution < 1.29 is 14.3 Å². The number of para-hydroxylation sites is 1. The van der Waals surface area contributed by atoms with Gasteiger partial charge in [0.25, 0.3) is 0 Å². The Labute approximate surface area is 230 Å². The van der Waals surface area contributed by atoms with Crippen LogP contribution in [-0.4, -0.2) is 66.2 Å². The van der Waals surface area contributed by atoms with Crippen LogP contribution in [0.1, 0.15) is 35.2 Å². The van der Waals surface area contributed by atoms with Gasteiger partial charge >= 0.3 is 5.97 Å². The Morgan fingerprint density at radius 3 is 2.18 bits per heavy atom. The van der Waals surface area contributed by atoms with Gasteiger partial charge in [0, 0.05) is 51.1 Å². The fourth-order valence-electron chi connectivity index (χ4n) is 6.04. The van der Waals surface area contributed by atoms with Crippen molar-refractivity contribution in [2.75, 3.05) is 39.3 Å². The predicted molar refractivity (Wildman–Crippen MR) is 153 cm³/mol. The summed E-state index contributed by atoms with van der Waals surface area (Å²) in [7, 11) is 0. The summed E-state index contributed by atoms with van der Waals surface area (Å²) < 4.78 is 11.7. The van der Waals surface area contributed by atoms with Crippen molar-refractivity contribution >= 4 is 16.9 Å². The average molecular weight is 522 g/mol. The molecule has 1 aromatic heterocycles. The number of pyridine rings is 1. The van der Waals surface area contributed by atoms with Crippen molar-refractivity contribution in [1.29, 1.82) is 0 Å². The number of hydrogen-bond acceptors (Lipinski definition) is 6. The number of aryl methyl sites for hydroxylation is 2. The summed E-state index contributed by atoms with van der Waals surface area (Å²) in [6, 6.07) is 30.0. The SMILES string of the molecule is CC(=O)OC(COc1ccc2ccccc2n1)CN1CCN(C2c3ccccc3CCc3ccccc32)CC1. The second kappa shape index (κ2) is 11.6. The maximum atomic E-state index is 11.9. The van der Waals surface area contributed by atoms with E-state index in [1.54, 1.807) is 0 Å². The van der Waals surface area contributed by atoms with Crippen LogP contribution < -0.4 is 4.74 Å². The molecule has 3 aromatic carbocycles. The molecule has 0 saturated carbocycles. The molecule has 0 amide bonds. The minimum atomic E-state index is -0.360. The zero-order chi connectivity index (χ0) is 26.6. The van der Waals surface area contributed by atoms with E-state index in [1.165, 1.54) is 29.2 Å². The second-order valence-electron chi connectivity index (χ2n) is 10.5. The van der Waals surface area contributed by atoms with E-state index in [2.05, 4.69) is 63.3 Å². The minimum Gasteiger partial charge on any atom is -0.474 e. The number of benzene rings is 3. The third-order valence-corrected chi connectivity index (χ3v) is 7.92. The molecule has 39 heavy (non-hydrogen) atoms. The van der Waals surface area contributed by atoms with E-state index in [0.717, 1.165) is 49.9 Å². The van der Waals surface area contributed by atoms with E-state index >= 15 is 0 Å². The molecule has 0 bridgehead atoms. The number of piperazine rings is 1. The first-order valence-electron chi connectivity index (χ1n) is 13.9. The van der Waals surface area contributed by atoms with Crippen LogP contribution in [0, 0.1) is 0 Å². The first-order chi connectivity index (χ1) is 19.1. The molecule has 2 heterocycles. The van der Waals surface area contributed by atoms with E-state index < -0.39 is 0 Å². The van der Waals surface area contributed by atoms with Gasteiger partial charge in [0.05, 0.1) is 11.6 Å². The van der Waals surface area contributed by atoms with Crippen molar-refractivity contribution in [2.24, 2.45) is 0 Å². The van der Waals surface area contributed by atoms with Gasteiger partial charge in [-0.05, 0) is 47.2 Å². The fraction of sp³-hybridized carbons (Fsp3) is 0.333. The molecular weight excluding hydrogens is 486 g/mol. The molecular formula is C33H35N3O3. The number of carbonyl (C=O) groups is 1. The Morgan fingerprint density at radius 2 is 1.49 bits per heavy atom. The Bertz CT molecular complexity index is 1400. The van der Waals surface area contributed by atoms with Crippen LogP contribution >= 0.6 is 0 Å². The zero-order valence-electron chi connectivity index (χ0n) is 22.5. The molecule has 2 aliphatic rings. The largest absolute Gasteiger partial charge is 0.474 e. The number of aromatic nitrogens is 1. The van der Waals surface area contributed by atoms with Gasteiger partial charge in [-0.25, -0.2) is 4.98 Å². The molecule has 200 valence electrons. The number of rotatable bonds is 7. The normalized spacial score (nSPS) is 17.2. The van der Waals surface area contributed by atoms with Crippen molar-refractivity contribution in [1.82, 2.24) is 14.8 Å². The molecule has 1 saturated heterocycles. The monoisotopic (exact) mass is 521 g/mol. The Kier molecular flexibility index (Phi) is 7.57. The van der Waals surface area contributed by atoms with Gasteiger partial charge in [0.1, 0.15) is 12.7 Å². The van der Waals surface area contributed by atoms with Crippen molar-refractivity contribution in [3.8, 4) is 5.88 Å². The maximum Gasteiger partial charge on any atom is 0.303 e. The Morgan fingerprint density at radius 1 is 0.846 bits per heavy atom. The van der Waals surface area contributed by atoms with E-state index in [0.29, 0.717) is 12.4 Å². The van der Waals surface area contributed by atoms with Crippen LogP contribution in [0.4, 0.5) is 0 Å². The molecule has 1 unspecified atom stereocenters. The first kappa shape index (κ1) is 25.5. The summed E-state index contributed by atoms with van der Waals surface area (Å²) in [5.41, 5.74) is 6.66. The third-order valence-electron chi connectivity index (χ3n) is 7.92. The van der Waals surface area contributed by atoms with Gasteiger partial charge in [-0.15, -0.1) is 0 Å². The summed E-state index contributed by atoms with van der Waals surface area (Å²) in [6.07, 6.45) is 1.81. The highest BCUT2D eigenvalue weighted by molar-refractivity contribution is 5.78. The van der Waals surface area contributed by atoms with Crippen LogP contribution in [0.2, 0.25) is 0 Å². The van der Waals surface area contributed by atoms with E-state index in [1.807, 2.05) is 36.4 Å². The van der Waals surface area contributed by atoms with Gasteiger partial charge < -0.3 is 9.47 Å². The van der Waals surface area contributed by atoms with Crippen molar-refractivity contribution in [3.05, 3.63) is 107 Å². The lowest BCUT2D eigenvalue weighted by molar-refractivity contribution is -0.149. The standard InChI is InChI=1S/C33H35N3O3/c1-24(37)39-28(23-38-32-17-16-27-10-4-7-13-31(27)34-32)22-35-18-20-36(21-19-35)33-29-11-5-2-8-25(29)14-15-26-9-3-6-12-30(26)33/h2-13,16-17,28,33H,14-15,18-23H2,1H3. The zero-order valence-corrected chi connectivity index (χ0v) is 22.5. The van der Waals surface area contributed by atoms with Crippen LogP contribution in [0.3, 0.4) is 0 Å². The average Bonchev–Trinajstić information content (AvgIpc) is 3.13. The highest BCUT2D eigenvalue weighted by Gasteiger charge is 2.31. The molecule has 1 aliphatic heterocycles. The van der Waals surface area contributed by atoms with Crippen molar-refractivity contribution in [2.45, 2.75) is 31.9 Å². The molecule has 6 rings (SSSR count). The smallest absolute Gasteiger partial charge is 0.303 e. The summed E-state index contributed by atoms with van der Waals surface area (Å²) in [5.74, 6) is 0.252. The minimum absolute atomic E-state index is 0.272. The number of carbonyl (C=O) groups excluding carboxylic acids is 1. The first-order valence-corrected chi connectivity index (χ1v) is 13.9. The van der Waals surface area contributed by atoms with Crippen LogP contribution in [0.25, 0.3) is 10.9 Å². The van der Waals surface area contributed by atoms with Gasteiger partial charge in [0.15, 0.2) is 0 Å². The number of fused-ring (bicyclic) bond motifs is 3. The second-order valence-corrected chi connectivity index (χ2v) is 10.5. The number of hydrogen-bond donors (Lipinski definition) is 0. The molecule has 0 spiro atoms. The predicted octanol–water partition coefficient (Wildman–Crippen LogP) is 5.05. The molecule has 1 aliphatic carbocycles. The maximum absolute atomic E-state index is 11.9. The number of esters is 1. The third kappa shape index (κ3) is 5.82. The fourth-order valence-corrected chi connectivity index (χ4v) is 6.04. The van der Waals surface area contributed by atoms with Gasteiger partial charge in [0.2, 0.25) is 5.88 Å². The van der Waals surface area contributed by atoms with Crippen LogP contribution in [0.15, 0.2) is 84.9 Å². The molecule has 6 heteroatoms. The topological polar surface area (TPSA) is 54.9 Å². The van der Waals surface area contributed by atoms with Crippen LogP contribution in [0.5, 0.6) is 5.88 Å². The highest BCUT2D eigenvalue weighted by Crippen LogP contribution is 2.37. The molecule has 0 N–H and O–H groups in total. The van der Waals surface area contributed by atoms with Crippen LogP contribution in [-0.2, 0) is 22.4 Å². The van der Waals surface area contributed by atoms with E-state index in [4.69, 9.17) is 9.47 Å². The van der Waals surface area contributed by atoms with E-state index in [9.17, 15) is 4.79 Å². The summed E-state index contributed by atoms with van der Waals surface area (Å²) >= 11 is 0. The van der Waals surface area contributed by atoms with E-state index in [-0.39, 0.29) is 24.7 Å². The van der Waals surface area contributed by atoms with Crippen molar-refractivity contribution in [3.63, 3.8) is 0 Å². The summed E-state index contributed by atoms with van der Waals surface area (Å²) in [6.45, 7) is 6.09. The molecule has 6 nitrogen and oxygen atoms in total. The summed E-state index contributed by atoms with van der Waals surface area (Å²) in [4.78, 5) is 21.5. The number of ether oxygens (including phenoxy) is 2. The van der Waals surface area contributed by atoms with Gasteiger partial charge in [-0.2, -0.15) is 0 Å². The molecule has 1 atom stereocenters. The highest BCUT2D eigenvalue weighted by atomic mass is 16.6. The summed E-state index contributed by atoms with van der Waals surface area (Å²) in [5, 5.41) is 1.07. The quantitative estimate of drug-likeness (QED) is 0.317. The molecule has 0 radical (unpaired) electrons. The lowest BCUT2D eigenvalue weighted by atomic mass is 9.92. The van der Waals surface area contributed by atoms with Gasteiger partial charge in [-0.1, -0.05) is 66.7 Å². The Balaban J connectivity index is 1.12. The number of nitrogens with zero attached hydrogens (tertiary/aromatic N) is 3.